The van der Waals surface area contributed by atoms with Gasteiger partial charge in [0.15, 0.2) is 0 Å². The van der Waals surface area contributed by atoms with Crippen LogP contribution >= 0.6 is 0 Å². The third kappa shape index (κ3) is 5.18. The summed E-state index contributed by atoms with van der Waals surface area (Å²) in [6.07, 6.45) is 0.984. The van der Waals surface area contributed by atoms with Crippen molar-refractivity contribution in [3.8, 4) is 5.75 Å². The largest absolute Gasteiger partial charge is 0.492 e. The topological polar surface area (TPSA) is 75.7 Å². The first-order chi connectivity index (χ1) is 11.8. The lowest BCUT2D eigenvalue weighted by molar-refractivity contribution is -0.114. The summed E-state index contributed by atoms with van der Waals surface area (Å²) >= 11 is 0. The van der Waals surface area contributed by atoms with Gasteiger partial charge >= 0.3 is 0 Å². The van der Waals surface area contributed by atoms with Gasteiger partial charge in [-0.1, -0.05) is 12.1 Å². The van der Waals surface area contributed by atoms with Crippen LogP contribution in [-0.4, -0.2) is 33.7 Å². The van der Waals surface area contributed by atoms with Crippen molar-refractivity contribution in [2.45, 2.75) is 6.92 Å². The maximum absolute atomic E-state index is 13.1. The van der Waals surface area contributed by atoms with E-state index in [2.05, 4.69) is 5.32 Å². The van der Waals surface area contributed by atoms with Crippen LogP contribution < -0.4 is 14.4 Å². The number of ether oxygens (including phenoxy) is 1. The number of sulfonamides is 1. The average Bonchev–Trinajstić information content (AvgIpc) is 2.55. The fourth-order valence-electron chi connectivity index (χ4n) is 2.18. The van der Waals surface area contributed by atoms with Gasteiger partial charge < -0.3 is 10.1 Å². The molecule has 2 rings (SSSR count). The Morgan fingerprint density at radius 1 is 1.16 bits per heavy atom. The number of carbonyl (C=O) groups is 1. The lowest BCUT2D eigenvalue weighted by Crippen LogP contribution is -2.37. The van der Waals surface area contributed by atoms with Gasteiger partial charge in [-0.25, -0.2) is 12.8 Å². The van der Waals surface area contributed by atoms with E-state index < -0.39 is 28.3 Å². The molecule has 0 bridgehead atoms. The Labute approximate surface area is 146 Å². The van der Waals surface area contributed by atoms with Crippen molar-refractivity contribution >= 4 is 27.3 Å². The predicted molar refractivity (Wildman–Crippen MR) is 94.8 cm³/mol. The lowest BCUT2D eigenvalue weighted by Gasteiger charge is -2.22. The zero-order valence-corrected chi connectivity index (χ0v) is 14.7. The number of nitrogens with one attached hydrogen (secondary N) is 1. The quantitative estimate of drug-likeness (QED) is 0.817. The summed E-state index contributed by atoms with van der Waals surface area (Å²) < 4.78 is 43.4. The Morgan fingerprint density at radius 2 is 1.80 bits per heavy atom. The molecule has 0 unspecified atom stereocenters. The molecule has 0 heterocycles. The highest BCUT2D eigenvalue weighted by atomic mass is 32.2. The number of halogens is 1. The second kappa shape index (κ2) is 7.98. The molecule has 0 atom stereocenters. The maximum atomic E-state index is 13.1. The minimum absolute atomic E-state index is 0.206. The number of nitrogens with zero attached hydrogens (tertiary/aromatic N) is 1. The van der Waals surface area contributed by atoms with Gasteiger partial charge in [0.2, 0.25) is 15.9 Å². The van der Waals surface area contributed by atoms with E-state index in [9.17, 15) is 17.6 Å². The summed E-state index contributed by atoms with van der Waals surface area (Å²) in [6, 6.07) is 11.7. The van der Waals surface area contributed by atoms with E-state index in [1.807, 2.05) is 6.92 Å². The number of para-hydroxylation sites is 2. The molecule has 6 nitrogen and oxygen atoms in total. The summed E-state index contributed by atoms with van der Waals surface area (Å²) in [4.78, 5) is 12.3. The third-order valence-electron chi connectivity index (χ3n) is 3.26. The highest BCUT2D eigenvalue weighted by molar-refractivity contribution is 7.92. The molecule has 0 radical (unpaired) electrons. The van der Waals surface area contributed by atoms with Crippen molar-refractivity contribution in [3.05, 3.63) is 54.3 Å². The van der Waals surface area contributed by atoms with E-state index in [4.69, 9.17) is 4.74 Å². The Balaban J connectivity index is 2.19. The van der Waals surface area contributed by atoms with Crippen molar-refractivity contribution in [2.24, 2.45) is 0 Å². The highest BCUT2D eigenvalue weighted by Crippen LogP contribution is 2.24. The Kier molecular flexibility index (Phi) is 5.97. The molecule has 0 aromatic heterocycles. The molecule has 2 aromatic carbocycles. The number of amides is 1. The van der Waals surface area contributed by atoms with Gasteiger partial charge in [-0.15, -0.1) is 0 Å². The summed E-state index contributed by atoms with van der Waals surface area (Å²) in [5.41, 5.74) is 0.652. The molecular weight excluding hydrogens is 347 g/mol. The molecule has 0 aliphatic rings. The third-order valence-corrected chi connectivity index (χ3v) is 4.40. The molecule has 134 valence electrons. The normalized spacial score (nSPS) is 11.0. The number of benzene rings is 2. The van der Waals surface area contributed by atoms with Gasteiger partial charge in [-0.05, 0) is 43.3 Å². The molecule has 0 fully saturated rings. The molecule has 25 heavy (non-hydrogen) atoms. The highest BCUT2D eigenvalue weighted by Gasteiger charge is 2.21. The van der Waals surface area contributed by atoms with Crippen molar-refractivity contribution in [2.75, 3.05) is 29.0 Å². The average molecular weight is 366 g/mol. The van der Waals surface area contributed by atoms with Crippen LogP contribution in [-0.2, 0) is 14.8 Å². The summed E-state index contributed by atoms with van der Waals surface area (Å²) in [6.45, 7) is 1.81. The lowest BCUT2D eigenvalue weighted by atomic mass is 10.3. The number of carbonyl (C=O) groups excluding carboxylic acids is 1. The van der Waals surface area contributed by atoms with E-state index >= 15 is 0 Å². The van der Waals surface area contributed by atoms with Crippen LogP contribution in [0.1, 0.15) is 6.92 Å². The van der Waals surface area contributed by atoms with Crippen LogP contribution in [0.15, 0.2) is 48.5 Å². The fourth-order valence-corrected chi connectivity index (χ4v) is 3.04. The molecule has 0 aliphatic carbocycles. The van der Waals surface area contributed by atoms with Gasteiger partial charge in [0.1, 0.15) is 18.1 Å². The molecule has 1 N–H and O–H groups in total. The predicted octanol–water partition coefficient (Wildman–Crippen LogP) is 2.63. The zero-order valence-electron chi connectivity index (χ0n) is 13.9. The molecule has 0 saturated carbocycles. The Morgan fingerprint density at radius 3 is 2.40 bits per heavy atom. The maximum Gasteiger partial charge on any atom is 0.245 e. The van der Waals surface area contributed by atoms with Crippen LogP contribution in [0.2, 0.25) is 0 Å². The number of anilines is 2. The standard InChI is InChI=1S/C17H19FN2O4S/c1-3-24-16-7-5-4-6-15(16)19-17(21)12-20(25(2,22)23)14-10-8-13(18)9-11-14/h4-11H,3,12H2,1-2H3,(H,19,21). The molecule has 8 heteroatoms. The van der Waals surface area contributed by atoms with Gasteiger partial charge in [-0.2, -0.15) is 0 Å². The minimum atomic E-state index is -3.72. The molecule has 0 saturated heterocycles. The van der Waals surface area contributed by atoms with Crippen LogP contribution in [0.4, 0.5) is 15.8 Å². The summed E-state index contributed by atoms with van der Waals surface area (Å²) in [5, 5.41) is 2.63. The van der Waals surface area contributed by atoms with Gasteiger partial charge in [-0.3, -0.25) is 9.10 Å². The van der Waals surface area contributed by atoms with E-state index in [1.54, 1.807) is 24.3 Å². The molecule has 1 amide bonds. The SMILES string of the molecule is CCOc1ccccc1NC(=O)CN(c1ccc(F)cc1)S(C)(=O)=O. The number of rotatable bonds is 7. The van der Waals surface area contributed by atoms with Crippen LogP contribution in [0.5, 0.6) is 5.75 Å². The second-order valence-electron chi connectivity index (χ2n) is 5.22. The number of hydrogen-bond acceptors (Lipinski definition) is 4. The monoisotopic (exact) mass is 366 g/mol. The van der Waals surface area contributed by atoms with E-state index in [-0.39, 0.29) is 5.69 Å². The van der Waals surface area contributed by atoms with Crippen molar-refractivity contribution in [1.29, 1.82) is 0 Å². The fraction of sp³-hybridized carbons (Fsp3) is 0.235. The first kappa shape index (κ1) is 18.7. The van der Waals surface area contributed by atoms with E-state index in [0.717, 1.165) is 22.7 Å². The van der Waals surface area contributed by atoms with Crippen LogP contribution in [0.25, 0.3) is 0 Å². The smallest absolute Gasteiger partial charge is 0.245 e. The number of hydrogen-bond donors (Lipinski definition) is 1. The molecule has 2 aromatic rings. The van der Waals surface area contributed by atoms with Crippen molar-refractivity contribution in [3.63, 3.8) is 0 Å². The van der Waals surface area contributed by atoms with Crippen LogP contribution in [0, 0.1) is 5.82 Å². The second-order valence-corrected chi connectivity index (χ2v) is 7.13. The molecular formula is C17H19FN2O4S. The first-order valence-electron chi connectivity index (χ1n) is 7.56. The first-order valence-corrected chi connectivity index (χ1v) is 9.41. The van der Waals surface area contributed by atoms with Crippen molar-refractivity contribution < 1.29 is 22.3 Å². The minimum Gasteiger partial charge on any atom is -0.492 e. The van der Waals surface area contributed by atoms with Crippen molar-refractivity contribution in [1.82, 2.24) is 0 Å². The van der Waals surface area contributed by atoms with Gasteiger partial charge in [0.05, 0.1) is 24.2 Å². The van der Waals surface area contributed by atoms with Gasteiger partial charge in [0, 0.05) is 0 Å². The van der Waals surface area contributed by atoms with E-state index in [0.29, 0.717) is 18.0 Å². The van der Waals surface area contributed by atoms with E-state index in [1.165, 1.54) is 12.1 Å². The summed E-state index contributed by atoms with van der Waals surface area (Å²) in [5.74, 6) is -0.541. The zero-order chi connectivity index (χ0) is 18.4. The Hall–Kier alpha value is -2.61. The summed E-state index contributed by atoms with van der Waals surface area (Å²) in [7, 11) is -3.72. The van der Waals surface area contributed by atoms with Gasteiger partial charge in [0.25, 0.3) is 0 Å². The molecule has 0 aliphatic heterocycles. The molecule has 0 spiro atoms. The Bertz CT molecular complexity index is 838. The van der Waals surface area contributed by atoms with Crippen LogP contribution in [0.3, 0.4) is 0 Å².